The summed E-state index contributed by atoms with van der Waals surface area (Å²) in [5, 5.41) is 20.5. The van der Waals surface area contributed by atoms with Crippen LogP contribution < -0.4 is 5.32 Å². The first kappa shape index (κ1) is 13.2. The van der Waals surface area contributed by atoms with Crippen LogP contribution in [0.4, 0.5) is 0 Å². The van der Waals surface area contributed by atoms with E-state index in [2.05, 4.69) is 5.32 Å². The second-order valence-electron chi connectivity index (χ2n) is 3.81. The summed E-state index contributed by atoms with van der Waals surface area (Å²) in [4.78, 5) is 21.7. The summed E-state index contributed by atoms with van der Waals surface area (Å²) in [5.74, 6) is -3.26. The molecule has 1 unspecified atom stereocenters. The predicted octanol–water partition coefficient (Wildman–Crippen LogP) is 0.950. The van der Waals surface area contributed by atoms with E-state index in [1.165, 1.54) is 6.92 Å². The van der Waals surface area contributed by atoms with Crippen LogP contribution in [0.5, 0.6) is 0 Å². The van der Waals surface area contributed by atoms with Crippen LogP contribution in [0.2, 0.25) is 0 Å². The maximum Gasteiger partial charge on any atom is 0.321 e. The fourth-order valence-electron chi connectivity index (χ4n) is 1.44. The van der Waals surface area contributed by atoms with E-state index in [9.17, 15) is 9.59 Å². The SMILES string of the molecule is CC(C(=O)O)[C@H](NCc1ccccc1)C(=O)O. The number of benzene rings is 1. The van der Waals surface area contributed by atoms with Crippen molar-refractivity contribution >= 4 is 11.9 Å². The second kappa shape index (κ2) is 6.00. The minimum Gasteiger partial charge on any atom is -0.481 e. The Morgan fingerprint density at radius 2 is 1.76 bits per heavy atom. The fraction of sp³-hybridized carbons (Fsp3) is 0.333. The lowest BCUT2D eigenvalue weighted by molar-refractivity contribution is -0.150. The molecule has 0 amide bonds. The maximum atomic E-state index is 10.9. The standard InChI is InChI=1S/C12H15NO4/c1-8(11(14)15)10(12(16)17)13-7-9-5-3-2-4-6-9/h2-6,8,10,13H,7H2,1H3,(H,14,15)(H,16,17)/t8?,10-/m0/s1. The molecule has 0 aromatic heterocycles. The first-order valence-corrected chi connectivity index (χ1v) is 5.25. The number of carboxylic acids is 2. The van der Waals surface area contributed by atoms with Gasteiger partial charge in [0.05, 0.1) is 5.92 Å². The topological polar surface area (TPSA) is 86.6 Å². The van der Waals surface area contributed by atoms with Crippen molar-refractivity contribution in [2.45, 2.75) is 19.5 Å². The average molecular weight is 237 g/mol. The van der Waals surface area contributed by atoms with Gasteiger partial charge in [-0.2, -0.15) is 0 Å². The van der Waals surface area contributed by atoms with Gasteiger partial charge in [-0.3, -0.25) is 14.9 Å². The van der Waals surface area contributed by atoms with E-state index >= 15 is 0 Å². The zero-order valence-corrected chi connectivity index (χ0v) is 9.46. The highest BCUT2D eigenvalue weighted by Gasteiger charge is 2.29. The summed E-state index contributed by atoms with van der Waals surface area (Å²) < 4.78 is 0. The van der Waals surface area contributed by atoms with E-state index in [1.807, 2.05) is 30.3 Å². The minimum atomic E-state index is -1.16. The van der Waals surface area contributed by atoms with Gasteiger partial charge in [0.2, 0.25) is 0 Å². The molecule has 1 aromatic carbocycles. The number of carboxylic acid groups (broad SMARTS) is 2. The summed E-state index contributed by atoms with van der Waals surface area (Å²) >= 11 is 0. The van der Waals surface area contributed by atoms with Gasteiger partial charge in [-0.1, -0.05) is 30.3 Å². The Labute approximate surface area is 99.1 Å². The van der Waals surface area contributed by atoms with E-state index in [0.717, 1.165) is 5.56 Å². The first-order chi connectivity index (χ1) is 8.02. The highest BCUT2D eigenvalue weighted by atomic mass is 16.4. The van der Waals surface area contributed by atoms with Gasteiger partial charge in [-0.15, -0.1) is 0 Å². The molecular weight excluding hydrogens is 222 g/mol. The van der Waals surface area contributed by atoms with E-state index < -0.39 is 23.9 Å². The van der Waals surface area contributed by atoms with Gasteiger partial charge in [0.15, 0.2) is 0 Å². The molecule has 0 aliphatic rings. The molecule has 92 valence electrons. The average Bonchev–Trinajstić information content (AvgIpc) is 2.29. The van der Waals surface area contributed by atoms with Crippen LogP contribution in [0.15, 0.2) is 30.3 Å². The maximum absolute atomic E-state index is 10.9. The third-order valence-electron chi connectivity index (χ3n) is 2.52. The number of carbonyl (C=O) groups is 2. The number of hydrogen-bond donors (Lipinski definition) is 3. The van der Waals surface area contributed by atoms with E-state index in [1.54, 1.807) is 0 Å². The lowest BCUT2D eigenvalue weighted by atomic mass is 10.0. The van der Waals surface area contributed by atoms with Gasteiger partial charge >= 0.3 is 11.9 Å². The summed E-state index contributed by atoms with van der Waals surface area (Å²) in [6.45, 7) is 1.70. The van der Waals surface area contributed by atoms with Gasteiger partial charge in [0.1, 0.15) is 6.04 Å². The van der Waals surface area contributed by atoms with Crippen LogP contribution >= 0.6 is 0 Å². The van der Waals surface area contributed by atoms with Crippen molar-refractivity contribution in [2.24, 2.45) is 5.92 Å². The Morgan fingerprint density at radius 3 is 2.24 bits per heavy atom. The van der Waals surface area contributed by atoms with Gasteiger partial charge < -0.3 is 10.2 Å². The van der Waals surface area contributed by atoms with Crippen molar-refractivity contribution in [1.82, 2.24) is 5.32 Å². The molecule has 0 spiro atoms. The van der Waals surface area contributed by atoms with Crippen molar-refractivity contribution in [3.05, 3.63) is 35.9 Å². The van der Waals surface area contributed by atoms with Crippen LogP contribution in [0.1, 0.15) is 12.5 Å². The highest BCUT2D eigenvalue weighted by molar-refractivity contribution is 5.82. The van der Waals surface area contributed by atoms with Crippen LogP contribution in [0.25, 0.3) is 0 Å². The second-order valence-corrected chi connectivity index (χ2v) is 3.81. The molecule has 0 saturated carbocycles. The van der Waals surface area contributed by atoms with Crippen molar-refractivity contribution in [3.63, 3.8) is 0 Å². The molecule has 2 atom stereocenters. The monoisotopic (exact) mass is 237 g/mol. The highest BCUT2D eigenvalue weighted by Crippen LogP contribution is 2.06. The number of aliphatic carboxylic acids is 2. The summed E-state index contributed by atoms with van der Waals surface area (Å²) in [7, 11) is 0. The Kier molecular flexibility index (Phi) is 4.66. The first-order valence-electron chi connectivity index (χ1n) is 5.25. The fourth-order valence-corrected chi connectivity index (χ4v) is 1.44. The molecule has 0 aliphatic heterocycles. The van der Waals surface area contributed by atoms with Crippen LogP contribution in [0.3, 0.4) is 0 Å². The summed E-state index contributed by atoms with van der Waals surface area (Å²) in [6, 6.07) is 8.14. The molecule has 5 nitrogen and oxygen atoms in total. The summed E-state index contributed by atoms with van der Waals surface area (Å²) in [6.07, 6.45) is 0. The molecule has 0 heterocycles. The van der Waals surface area contributed by atoms with Crippen molar-refractivity contribution in [3.8, 4) is 0 Å². The molecule has 0 aliphatic carbocycles. The van der Waals surface area contributed by atoms with Gasteiger partial charge in [0, 0.05) is 6.54 Å². The smallest absolute Gasteiger partial charge is 0.321 e. The lowest BCUT2D eigenvalue weighted by Gasteiger charge is -2.18. The lowest BCUT2D eigenvalue weighted by Crippen LogP contribution is -2.44. The molecule has 0 radical (unpaired) electrons. The van der Waals surface area contributed by atoms with E-state index in [4.69, 9.17) is 10.2 Å². The molecule has 5 heteroatoms. The van der Waals surface area contributed by atoms with Crippen LogP contribution in [-0.2, 0) is 16.1 Å². The van der Waals surface area contributed by atoms with E-state index in [-0.39, 0.29) is 0 Å². The van der Waals surface area contributed by atoms with Gasteiger partial charge in [0.25, 0.3) is 0 Å². The Bertz CT molecular complexity index is 391. The molecule has 3 N–H and O–H groups in total. The number of hydrogen-bond acceptors (Lipinski definition) is 3. The third kappa shape index (κ3) is 3.88. The van der Waals surface area contributed by atoms with Crippen molar-refractivity contribution in [2.75, 3.05) is 0 Å². The normalized spacial score (nSPS) is 13.9. The molecule has 1 aromatic rings. The molecule has 17 heavy (non-hydrogen) atoms. The summed E-state index contributed by atoms with van der Waals surface area (Å²) in [5.41, 5.74) is 0.913. The number of nitrogens with one attached hydrogen (secondary N) is 1. The zero-order valence-electron chi connectivity index (χ0n) is 9.46. The molecule has 0 bridgehead atoms. The largest absolute Gasteiger partial charge is 0.481 e. The van der Waals surface area contributed by atoms with Crippen molar-refractivity contribution < 1.29 is 19.8 Å². The van der Waals surface area contributed by atoms with Gasteiger partial charge in [-0.25, -0.2) is 0 Å². The van der Waals surface area contributed by atoms with E-state index in [0.29, 0.717) is 6.54 Å². The molecule has 0 fully saturated rings. The molecule has 0 saturated heterocycles. The Morgan fingerprint density at radius 1 is 1.18 bits per heavy atom. The Balaban J connectivity index is 2.63. The zero-order chi connectivity index (χ0) is 12.8. The van der Waals surface area contributed by atoms with Crippen molar-refractivity contribution in [1.29, 1.82) is 0 Å². The quantitative estimate of drug-likeness (QED) is 0.685. The predicted molar refractivity (Wildman–Crippen MR) is 61.5 cm³/mol. The Hall–Kier alpha value is -1.88. The molecule has 1 rings (SSSR count). The third-order valence-corrected chi connectivity index (χ3v) is 2.52. The minimum absolute atomic E-state index is 0.329. The number of rotatable bonds is 6. The van der Waals surface area contributed by atoms with Crippen LogP contribution in [-0.4, -0.2) is 28.2 Å². The molecular formula is C12H15NO4. The van der Waals surface area contributed by atoms with Crippen LogP contribution in [0, 0.1) is 5.92 Å². The van der Waals surface area contributed by atoms with Gasteiger partial charge in [-0.05, 0) is 12.5 Å².